The van der Waals surface area contributed by atoms with Crippen molar-refractivity contribution in [2.24, 2.45) is 0 Å². The van der Waals surface area contributed by atoms with Crippen molar-refractivity contribution in [1.82, 2.24) is 4.90 Å². The molecule has 2 aliphatic rings. The average molecular weight is 412 g/mol. The standard InChI is InChI=1S/C23H25NO4S/c1-16-12-17(2)14-19(13-16)27-10-11-28-22(26)20-15-29-23(9-8-21(25)24(20)23)18-6-4-3-5-7-18/h3-7,12-14,20H,8-11,15H2,1-2H3/t20-,23+/m0/s1. The maximum atomic E-state index is 12.7. The zero-order valence-electron chi connectivity index (χ0n) is 16.7. The average Bonchev–Trinajstić information content (AvgIpc) is 3.24. The number of hydrogen-bond acceptors (Lipinski definition) is 5. The number of aryl methyl sites for hydroxylation is 2. The Balaban J connectivity index is 1.37. The molecule has 4 rings (SSSR count). The van der Waals surface area contributed by atoms with Gasteiger partial charge in [-0.15, -0.1) is 11.8 Å². The summed E-state index contributed by atoms with van der Waals surface area (Å²) in [7, 11) is 0. The van der Waals surface area contributed by atoms with Crippen LogP contribution in [-0.4, -0.2) is 41.8 Å². The molecule has 152 valence electrons. The van der Waals surface area contributed by atoms with Crippen LogP contribution in [0.5, 0.6) is 5.75 Å². The van der Waals surface area contributed by atoms with Crippen molar-refractivity contribution in [2.45, 2.75) is 37.6 Å². The van der Waals surface area contributed by atoms with E-state index in [1.807, 2.05) is 56.3 Å². The Morgan fingerprint density at radius 1 is 1.14 bits per heavy atom. The predicted molar refractivity (Wildman–Crippen MR) is 113 cm³/mol. The maximum Gasteiger partial charge on any atom is 0.329 e. The van der Waals surface area contributed by atoms with Crippen molar-refractivity contribution in [3.63, 3.8) is 0 Å². The second-order valence-corrected chi connectivity index (χ2v) is 8.88. The zero-order chi connectivity index (χ0) is 20.4. The molecule has 0 saturated carbocycles. The van der Waals surface area contributed by atoms with Gasteiger partial charge in [0.2, 0.25) is 5.91 Å². The molecule has 2 heterocycles. The van der Waals surface area contributed by atoms with E-state index in [0.29, 0.717) is 12.2 Å². The molecule has 0 N–H and O–H groups in total. The fraction of sp³-hybridized carbons (Fsp3) is 0.391. The number of amides is 1. The highest BCUT2D eigenvalue weighted by molar-refractivity contribution is 8.00. The molecule has 2 atom stereocenters. The lowest BCUT2D eigenvalue weighted by Gasteiger charge is -2.33. The quantitative estimate of drug-likeness (QED) is 0.534. The third kappa shape index (κ3) is 3.86. The number of hydrogen-bond donors (Lipinski definition) is 0. The molecule has 0 bridgehead atoms. The van der Waals surface area contributed by atoms with Gasteiger partial charge in [0.05, 0.1) is 0 Å². The molecule has 2 saturated heterocycles. The fourth-order valence-corrected chi connectivity index (χ4v) is 5.87. The molecule has 5 nitrogen and oxygen atoms in total. The molecular weight excluding hydrogens is 386 g/mol. The topological polar surface area (TPSA) is 55.8 Å². The minimum absolute atomic E-state index is 0.0206. The van der Waals surface area contributed by atoms with Crippen LogP contribution in [0, 0.1) is 13.8 Å². The fourth-order valence-electron chi connectivity index (χ4n) is 4.23. The van der Waals surface area contributed by atoms with Crippen LogP contribution >= 0.6 is 11.8 Å². The molecule has 29 heavy (non-hydrogen) atoms. The Labute approximate surface area is 175 Å². The van der Waals surface area contributed by atoms with Gasteiger partial charge in [-0.05, 0) is 49.1 Å². The molecule has 0 radical (unpaired) electrons. The van der Waals surface area contributed by atoms with Crippen molar-refractivity contribution >= 4 is 23.6 Å². The van der Waals surface area contributed by atoms with E-state index < -0.39 is 10.9 Å². The molecule has 2 aromatic carbocycles. The van der Waals surface area contributed by atoms with Gasteiger partial charge in [-0.2, -0.15) is 0 Å². The molecule has 0 aliphatic carbocycles. The van der Waals surface area contributed by atoms with Gasteiger partial charge in [0.1, 0.15) is 29.9 Å². The highest BCUT2D eigenvalue weighted by atomic mass is 32.2. The van der Waals surface area contributed by atoms with Crippen LogP contribution in [0.2, 0.25) is 0 Å². The Bertz CT molecular complexity index is 896. The minimum atomic E-state index is -0.545. The molecule has 0 spiro atoms. The van der Waals surface area contributed by atoms with Crippen molar-refractivity contribution in [2.75, 3.05) is 19.0 Å². The van der Waals surface area contributed by atoms with E-state index in [1.165, 1.54) is 0 Å². The molecule has 0 aromatic heterocycles. The summed E-state index contributed by atoms with van der Waals surface area (Å²) >= 11 is 1.67. The third-order valence-corrected chi connectivity index (χ3v) is 7.01. The number of nitrogens with zero attached hydrogens (tertiary/aromatic N) is 1. The zero-order valence-corrected chi connectivity index (χ0v) is 17.5. The lowest BCUT2D eigenvalue weighted by Crippen LogP contribution is -2.46. The molecule has 0 unspecified atom stereocenters. The lowest BCUT2D eigenvalue weighted by atomic mass is 10.0. The first-order chi connectivity index (χ1) is 14.0. The number of fused-ring (bicyclic) bond motifs is 1. The number of carbonyl (C=O) groups is 2. The van der Waals surface area contributed by atoms with Gasteiger partial charge in [-0.3, -0.25) is 4.79 Å². The van der Waals surface area contributed by atoms with Crippen molar-refractivity contribution in [3.05, 3.63) is 65.2 Å². The monoisotopic (exact) mass is 411 g/mol. The summed E-state index contributed by atoms with van der Waals surface area (Å²) in [6.45, 7) is 4.48. The number of esters is 1. The first-order valence-corrected chi connectivity index (χ1v) is 10.9. The van der Waals surface area contributed by atoms with E-state index in [2.05, 4.69) is 6.07 Å². The van der Waals surface area contributed by atoms with Crippen molar-refractivity contribution < 1.29 is 19.1 Å². The number of rotatable bonds is 6. The van der Waals surface area contributed by atoms with Gasteiger partial charge in [0, 0.05) is 12.2 Å². The smallest absolute Gasteiger partial charge is 0.329 e. The highest BCUT2D eigenvalue weighted by Gasteiger charge is 2.57. The van der Waals surface area contributed by atoms with Gasteiger partial charge in [0.15, 0.2) is 0 Å². The summed E-state index contributed by atoms with van der Waals surface area (Å²) < 4.78 is 11.2. The minimum Gasteiger partial charge on any atom is -0.490 e. The molecular formula is C23H25NO4S. The van der Waals surface area contributed by atoms with Crippen LogP contribution in [0.1, 0.15) is 29.5 Å². The van der Waals surface area contributed by atoms with Crippen LogP contribution in [0.15, 0.2) is 48.5 Å². The molecule has 6 heteroatoms. The van der Waals surface area contributed by atoms with Gasteiger partial charge in [-0.1, -0.05) is 36.4 Å². The summed E-state index contributed by atoms with van der Waals surface area (Å²) in [5.74, 6) is 0.992. The number of benzene rings is 2. The second-order valence-electron chi connectivity index (χ2n) is 7.58. The molecule has 1 amide bonds. The van der Waals surface area contributed by atoms with Gasteiger partial charge < -0.3 is 14.4 Å². The van der Waals surface area contributed by atoms with E-state index >= 15 is 0 Å². The molecule has 2 fully saturated rings. The molecule has 2 aliphatic heterocycles. The lowest BCUT2D eigenvalue weighted by molar-refractivity contribution is -0.154. The number of ether oxygens (including phenoxy) is 2. The van der Waals surface area contributed by atoms with E-state index in [9.17, 15) is 9.59 Å². The largest absolute Gasteiger partial charge is 0.490 e. The van der Waals surface area contributed by atoms with Crippen LogP contribution in [0.25, 0.3) is 0 Å². The summed E-state index contributed by atoms with van der Waals surface area (Å²) in [6.07, 6.45) is 1.18. The van der Waals surface area contributed by atoms with E-state index in [1.54, 1.807) is 16.7 Å². The van der Waals surface area contributed by atoms with Gasteiger partial charge in [0.25, 0.3) is 0 Å². The Morgan fingerprint density at radius 2 is 1.86 bits per heavy atom. The second kappa shape index (κ2) is 8.11. The summed E-state index contributed by atoms with van der Waals surface area (Å²) in [4.78, 5) is 26.7. The molecule has 2 aromatic rings. The van der Waals surface area contributed by atoms with Crippen LogP contribution in [0.3, 0.4) is 0 Å². The first kappa shape index (κ1) is 19.8. The van der Waals surface area contributed by atoms with E-state index in [4.69, 9.17) is 9.47 Å². The Hall–Kier alpha value is -2.47. The predicted octanol–water partition coefficient (Wildman–Crippen LogP) is 3.82. The van der Waals surface area contributed by atoms with Crippen LogP contribution < -0.4 is 4.74 Å². The van der Waals surface area contributed by atoms with Crippen LogP contribution in [0.4, 0.5) is 0 Å². The van der Waals surface area contributed by atoms with Crippen molar-refractivity contribution in [1.29, 1.82) is 0 Å². The first-order valence-electron chi connectivity index (χ1n) is 9.89. The van der Waals surface area contributed by atoms with Crippen molar-refractivity contribution in [3.8, 4) is 5.75 Å². The van der Waals surface area contributed by atoms with E-state index in [-0.39, 0.29) is 25.1 Å². The van der Waals surface area contributed by atoms with Gasteiger partial charge in [-0.25, -0.2) is 4.79 Å². The number of carbonyl (C=O) groups excluding carboxylic acids is 2. The van der Waals surface area contributed by atoms with E-state index in [0.717, 1.165) is 28.9 Å². The highest BCUT2D eigenvalue weighted by Crippen LogP contribution is 2.54. The summed E-state index contributed by atoms with van der Waals surface area (Å²) in [5.41, 5.74) is 3.33. The van der Waals surface area contributed by atoms with Gasteiger partial charge >= 0.3 is 5.97 Å². The SMILES string of the molecule is Cc1cc(C)cc(OCCOC(=O)[C@@H]2CS[C@@]3(c4ccccc4)CCC(=O)N23)c1. The Kier molecular flexibility index (Phi) is 5.54. The van der Waals surface area contributed by atoms with Crippen LogP contribution in [-0.2, 0) is 19.2 Å². The summed E-state index contributed by atoms with van der Waals surface area (Å²) in [6, 6.07) is 15.4. The third-order valence-electron chi connectivity index (χ3n) is 5.42. The maximum absolute atomic E-state index is 12.7. The number of thioether (sulfide) groups is 1. The normalized spacial score (nSPS) is 23.2. The summed E-state index contributed by atoms with van der Waals surface area (Å²) in [5, 5.41) is 0. The Morgan fingerprint density at radius 3 is 2.59 bits per heavy atom.